The van der Waals surface area contributed by atoms with E-state index in [4.69, 9.17) is 5.11 Å². The maximum atomic E-state index is 10.4. The zero-order chi connectivity index (χ0) is 19.0. The Morgan fingerprint density at radius 1 is 0.960 bits per heavy atom. The molecule has 144 valence electrons. The van der Waals surface area contributed by atoms with E-state index < -0.39 is 12.1 Å². The standard InChI is InChI=1S/C22H38O3/c1-4-5-19-22(2,3)20(23)17-15-13-11-9-7-6-8-10-12-14-16-18-21(24)25/h10-13,15,17,20,23H,4-9,14,16,18-19H2,1-3H3,(H,24,25)/b12-10-,13-11-,17-15+. The second kappa shape index (κ2) is 14.9. The lowest BCUT2D eigenvalue weighted by atomic mass is 9.81. The van der Waals surface area contributed by atoms with Gasteiger partial charge in [-0.05, 0) is 50.4 Å². The zero-order valence-electron chi connectivity index (χ0n) is 16.4. The highest BCUT2D eigenvalue weighted by molar-refractivity contribution is 5.66. The third-order valence-electron chi connectivity index (χ3n) is 4.44. The van der Waals surface area contributed by atoms with Crippen LogP contribution in [0.2, 0.25) is 0 Å². The van der Waals surface area contributed by atoms with Crippen molar-refractivity contribution in [3.05, 3.63) is 36.5 Å². The van der Waals surface area contributed by atoms with E-state index in [1.54, 1.807) is 0 Å². The Bertz CT molecular complexity index is 419. The third kappa shape index (κ3) is 14.7. The Kier molecular flexibility index (Phi) is 14.1. The van der Waals surface area contributed by atoms with Gasteiger partial charge in [0.1, 0.15) is 0 Å². The fraction of sp³-hybridized carbons (Fsp3) is 0.682. The SMILES string of the molecule is CCCCC(C)(C)C(O)/C=C/C=C\CCCC/C=C\CCCC(=O)O. The molecule has 1 unspecified atom stereocenters. The van der Waals surface area contributed by atoms with Crippen LogP contribution in [0.15, 0.2) is 36.5 Å². The molecule has 0 saturated carbocycles. The Balaban J connectivity index is 3.71. The van der Waals surface area contributed by atoms with Crippen LogP contribution in [0.5, 0.6) is 0 Å². The van der Waals surface area contributed by atoms with Crippen molar-refractivity contribution in [1.29, 1.82) is 0 Å². The molecule has 0 radical (unpaired) electrons. The number of allylic oxidation sites excluding steroid dienone is 5. The van der Waals surface area contributed by atoms with Crippen molar-refractivity contribution >= 4 is 5.97 Å². The first-order valence-electron chi connectivity index (χ1n) is 9.78. The lowest BCUT2D eigenvalue weighted by molar-refractivity contribution is -0.137. The first-order valence-corrected chi connectivity index (χ1v) is 9.78. The molecular weight excluding hydrogens is 312 g/mol. The number of carboxylic acid groups (broad SMARTS) is 1. The van der Waals surface area contributed by atoms with E-state index in [1.807, 2.05) is 18.2 Å². The number of hydrogen-bond donors (Lipinski definition) is 2. The van der Waals surface area contributed by atoms with Crippen LogP contribution in [0, 0.1) is 5.41 Å². The van der Waals surface area contributed by atoms with Crippen LogP contribution in [0.4, 0.5) is 0 Å². The van der Waals surface area contributed by atoms with E-state index in [9.17, 15) is 9.90 Å². The van der Waals surface area contributed by atoms with Crippen LogP contribution in [0.1, 0.15) is 85.0 Å². The van der Waals surface area contributed by atoms with Gasteiger partial charge in [-0.25, -0.2) is 0 Å². The molecule has 0 aromatic rings. The average Bonchev–Trinajstić information content (AvgIpc) is 2.56. The van der Waals surface area contributed by atoms with Crippen molar-refractivity contribution in [2.45, 2.75) is 91.1 Å². The predicted octanol–water partition coefficient (Wildman–Crippen LogP) is 6.05. The largest absolute Gasteiger partial charge is 0.481 e. The summed E-state index contributed by atoms with van der Waals surface area (Å²) < 4.78 is 0. The van der Waals surface area contributed by atoms with Crippen LogP contribution in [0.25, 0.3) is 0 Å². The first-order chi connectivity index (χ1) is 11.9. The first kappa shape index (κ1) is 23.6. The van der Waals surface area contributed by atoms with Crippen molar-refractivity contribution in [3.8, 4) is 0 Å². The highest BCUT2D eigenvalue weighted by Crippen LogP contribution is 2.28. The molecule has 3 heteroatoms. The number of aliphatic hydroxyl groups excluding tert-OH is 1. The van der Waals surface area contributed by atoms with E-state index in [1.165, 1.54) is 0 Å². The van der Waals surface area contributed by atoms with Gasteiger partial charge in [0, 0.05) is 6.42 Å². The van der Waals surface area contributed by atoms with Crippen LogP contribution in [-0.4, -0.2) is 22.3 Å². The summed E-state index contributed by atoms with van der Waals surface area (Å²) in [7, 11) is 0. The molecule has 0 spiro atoms. The highest BCUT2D eigenvalue weighted by atomic mass is 16.4. The van der Waals surface area contributed by atoms with Gasteiger partial charge in [0.2, 0.25) is 0 Å². The van der Waals surface area contributed by atoms with Crippen molar-refractivity contribution in [3.63, 3.8) is 0 Å². The van der Waals surface area contributed by atoms with Gasteiger partial charge in [0.25, 0.3) is 0 Å². The third-order valence-corrected chi connectivity index (χ3v) is 4.44. The molecule has 25 heavy (non-hydrogen) atoms. The Hall–Kier alpha value is -1.35. The number of hydrogen-bond acceptors (Lipinski definition) is 2. The van der Waals surface area contributed by atoms with E-state index in [-0.39, 0.29) is 11.8 Å². The second-order valence-electron chi connectivity index (χ2n) is 7.39. The molecule has 0 heterocycles. The number of aliphatic carboxylic acids is 1. The fourth-order valence-corrected chi connectivity index (χ4v) is 2.52. The monoisotopic (exact) mass is 350 g/mol. The van der Waals surface area contributed by atoms with E-state index in [2.05, 4.69) is 39.0 Å². The summed E-state index contributed by atoms with van der Waals surface area (Å²) in [6.07, 6.45) is 21.5. The molecule has 1 atom stereocenters. The lowest BCUT2D eigenvalue weighted by Gasteiger charge is -2.28. The quantitative estimate of drug-likeness (QED) is 0.215. The number of carbonyl (C=O) groups is 1. The van der Waals surface area contributed by atoms with Gasteiger partial charge >= 0.3 is 5.97 Å². The summed E-state index contributed by atoms with van der Waals surface area (Å²) in [6, 6.07) is 0. The van der Waals surface area contributed by atoms with Crippen molar-refractivity contribution in [1.82, 2.24) is 0 Å². The van der Waals surface area contributed by atoms with Gasteiger partial charge in [-0.3, -0.25) is 4.79 Å². The highest BCUT2D eigenvalue weighted by Gasteiger charge is 2.24. The molecule has 2 N–H and O–H groups in total. The van der Waals surface area contributed by atoms with Crippen LogP contribution in [-0.2, 0) is 4.79 Å². The maximum Gasteiger partial charge on any atom is 0.303 e. The Morgan fingerprint density at radius 2 is 1.56 bits per heavy atom. The van der Waals surface area contributed by atoms with Crippen LogP contribution >= 0.6 is 0 Å². The second-order valence-corrected chi connectivity index (χ2v) is 7.39. The molecular formula is C22H38O3. The normalized spacial score (nSPS) is 14.1. The molecule has 0 aliphatic carbocycles. The maximum absolute atomic E-state index is 10.4. The summed E-state index contributed by atoms with van der Waals surface area (Å²) in [4.78, 5) is 10.4. The minimum atomic E-state index is -0.716. The minimum Gasteiger partial charge on any atom is -0.481 e. The molecule has 0 saturated heterocycles. The Morgan fingerprint density at radius 3 is 2.16 bits per heavy atom. The molecule has 0 fully saturated rings. The van der Waals surface area contributed by atoms with Crippen LogP contribution < -0.4 is 0 Å². The minimum absolute atomic E-state index is 0.0584. The molecule has 0 rings (SSSR count). The van der Waals surface area contributed by atoms with Gasteiger partial charge in [-0.2, -0.15) is 0 Å². The summed E-state index contributed by atoms with van der Waals surface area (Å²) in [5.74, 6) is -0.716. The van der Waals surface area contributed by atoms with Gasteiger partial charge in [-0.1, -0.05) is 70.1 Å². The Labute approximate surface area is 154 Å². The number of aliphatic hydroxyl groups is 1. The molecule has 0 aromatic heterocycles. The summed E-state index contributed by atoms with van der Waals surface area (Å²) in [5, 5.41) is 18.8. The van der Waals surface area contributed by atoms with Crippen molar-refractivity contribution < 1.29 is 15.0 Å². The molecule has 0 aromatic carbocycles. The van der Waals surface area contributed by atoms with Gasteiger partial charge in [-0.15, -0.1) is 0 Å². The molecule has 0 bridgehead atoms. The number of rotatable bonds is 15. The summed E-state index contributed by atoms with van der Waals surface area (Å²) in [5.41, 5.74) is -0.0584. The lowest BCUT2D eigenvalue weighted by Crippen LogP contribution is -2.27. The van der Waals surface area contributed by atoms with Gasteiger partial charge in [0.05, 0.1) is 6.10 Å². The van der Waals surface area contributed by atoms with Crippen molar-refractivity contribution in [2.24, 2.45) is 5.41 Å². The molecule has 0 aliphatic heterocycles. The molecule has 0 aliphatic rings. The van der Waals surface area contributed by atoms with Gasteiger partial charge in [0.15, 0.2) is 0 Å². The van der Waals surface area contributed by atoms with Gasteiger partial charge < -0.3 is 10.2 Å². The van der Waals surface area contributed by atoms with E-state index in [0.717, 1.165) is 57.8 Å². The average molecular weight is 351 g/mol. The van der Waals surface area contributed by atoms with E-state index >= 15 is 0 Å². The predicted molar refractivity (Wildman–Crippen MR) is 107 cm³/mol. The smallest absolute Gasteiger partial charge is 0.303 e. The van der Waals surface area contributed by atoms with E-state index in [0.29, 0.717) is 0 Å². The fourth-order valence-electron chi connectivity index (χ4n) is 2.52. The molecule has 3 nitrogen and oxygen atoms in total. The number of unbranched alkanes of at least 4 members (excludes halogenated alkanes) is 5. The molecule has 0 amide bonds. The zero-order valence-corrected chi connectivity index (χ0v) is 16.4. The summed E-state index contributed by atoms with van der Waals surface area (Å²) in [6.45, 7) is 6.42. The topological polar surface area (TPSA) is 57.5 Å². The van der Waals surface area contributed by atoms with Crippen LogP contribution in [0.3, 0.4) is 0 Å². The van der Waals surface area contributed by atoms with Crippen molar-refractivity contribution in [2.75, 3.05) is 0 Å². The summed E-state index contributed by atoms with van der Waals surface area (Å²) >= 11 is 0. The number of carboxylic acids is 1.